The molecule has 2 fully saturated rings. The summed E-state index contributed by atoms with van der Waals surface area (Å²) in [6, 6.07) is 0. The average molecular weight is 201 g/mol. The summed E-state index contributed by atoms with van der Waals surface area (Å²) in [5, 5.41) is 8.67. The van der Waals surface area contributed by atoms with Crippen LogP contribution in [0.5, 0.6) is 0 Å². The molecule has 13 heavy (non-hydrogen) atoms. The highest BCUT2D eigenvalue weighted by Crippen LogP contribution is 2.40. The maximum Gasteiger partial charge on any atom is 0.317 e. The monoisotopic (exact) mass is 201 g/mol. The molecule has 0 spiro atoms. The summed E-state index contributed by atoms with van der Waals surface area (Å²) >= 11 is 1.41. The van der Waals surface area contributed by atoms with Crippen LogP contribution in [0.1, 0.15) is 13.3 Å². The lowest BCUT2D eigenvalue weighted by atomic mass is 10.0. The number of carboxylic acids is 1. The summed E-state index contributed by atoms with van der Waals surface area (Å²) in [5.74, 6) is -0.535. The molecule has 2 aliphatic rings. The van der Waals surface area contributed by atoms with Crippen LogP contribution in [0.4, 0.5) is 0 Å². The van der Waals surface area contributed by atoms with E-state index in [1.165, 1.54) is 11.8 Å². The van der Waals surface area contributed by atoms with Crippen LogP contribution in [0, 0.1) is 5.92 Å². The Morgan fingerprint density at radius 1 is 1.69 bits per heavy atom. The third kappa shape index (κ3) is 1.31. The fourth-order valence-corrected chi connectivity index (χ4v) is 3.18. The minimum atomic E-state index is -0.753. The first-order chi connectivity index (χ1) is 6.09. The van der Waals surface area contributed by atoms with Crippen molar-refractivity contribution in [3.8, 4) is 0 Å². The molecule has 0 aliphatic carbocycles. The fourth-order valence-electron chi connectivity index (χ4n) is 1.78. The second-order valence-electron chi connectivity index (χ2n) is 3.58. The zero-order valence-corrected chi connectivity index (χ0v) is 8.08. The van der Waals surface area contributed by atoms with E-state index in [4.69, 9.17) is 5.11 Å². The van der Waals surface area contributed by atoms with E-state index in [2.05, 4.69) is 0 Å². The summed E-state index contributed by atoms with van der Waals surface area (Å²) < 4.78 is 0. The van der Waals surface area contributed by atoms with Gasteiger partial charge in [0, 0.05) is 6.54 Å². The molecule has 4 nitrogen and oxygen atoms in total. The van der Waals surface area contributed by atoms with Gasteiger partial charge in [-0.1, -0.05) is 6.92 Å². The lowest BCUT2D eigenvalue weighted by Crippen LogP contribution is -2.58. The van der Waals surface area contributed by atoms with Crippen LogP contribution in [0.25, 0.3) is 0 Å². The second kappa shape index (κ2) is 2.90. The van der Waals surface area contributed by atoms with Crippen LogP contribution in [0.2, 0.25) is 0 Å². The number of hydrogen-bond donors (Lipinski definition) is 1. The third-order valence-corrected chi connectivity index (χ3v) is 4.26. The van der Waals surface area contributed by atoms with Crippen LogP contribution in [-0.2, 0) is 9.59 Å². The van der Waals surface area contributed by atoms with Gasteiger partial charge in [-0.05, 0) is 5.92 Å². The average Bonchev–Trinajstić information content (AvgIpc) is 2.06. The Labute approximate surface area is 80.3 Å². The largest absolute Gasteiger partial charge is 0.480 e. The van der Waals surface area contributed by atoms with Gasteiger partial charge in [-0.2, -0.15) is 0 Å². The third-order valence-electron chi connectivity index (χ3n) is 2.57. The van der Waals surface area contributed by atoms with Gasteiger partial charge in [0.2, 0.25) is 5.91 Å². The van der Waals surface area contributed by atoms with Crippen LogP contribution in [0.3, 0.4) is 0 Å². The zero-order valence-electron chi connectivity index (χ0n) is 7.27. The Morgan fingerprint density at radius 2 is 2.38 bits per heavy atom. The first kappa shape index (κ1) is 8.87. The van der Waals surface area contributed by atoms with Gasteiger partial charge in [-0.3, -0.25) is 9.59 Å². The number of carbonyl (C=O) groups is 2. The predicted octanol–water partition coefficient (Wildman–Crippen LogP) is 0.381. The minimum absolute atomic E-state index is 0.0583. The molecule has 1 N–H and O–H groups in total. The summed E-state index contributed by atoms with van der Waals surface area (Å²) in [7, 11) is 0. The Morgan fingerprint density at radius 3 is 2.92 bits per heavy atom. The number of amides is 1. The number of aliphatic carboxylic acids is 1. The highest BCUT2D eigenvalue weighted by molar-refractivity contribution is 8.01. The van der Waals surface area contributed by atoms with Crippen molar-refractivity contribution in [2.75, 3.05) is 6.54 Å². The number of nitrogens with zero attached hydrogens (tertiary/aromatic N) is 1. The van der Waals surface area contributed by atoms with Gasteiger partial charge < -0.3 is 10.0 Å². The van der Waals surface area contributed by atoms with Crippen molar-refractivity contribution in [2.24, 2.45) is 5.92 Å². The molecule has 2 heterocycles. The number of fused-ring (bicyclic) bond motifs is 1. The molecule has 0 bridgehead atoms. The molecular formula is C8H11NO3S. The van der Waals surface area contributed by atoms with Gasteiger partial charge in [-0.25, -0.2) is 0 Å². The van der Waals surface area contributed by atoms with Crippen molar-refractivity contribution in [3.05, 3.63) is 0 Å². The molecule has 0 aromatic heterocycles. The van der Waals surface area contributed by atoms with E-state index in [1.807, 2.05) is 6.92 Å². The normalized spacial score (nSPS) is 38.1. The zero-order chi connectivity index (χ0) is 9.59. The standard InChI is InChI=1S/C8H11NO3S/c1-4-3-9-5(10)2-6(9)13-7(4)8(11)12/h4,6-7H,2-3H2,1H3,(H,11,12)/t4?,6-,7?/m1/s1. The molecule has 2 unspecified atom stereocenters. The number of hydrogen-bond acceptors (Lipinski definition) is 3. The molecule has 5 heteroatoms. The van der Waals surface area contributed by atoms with E-state index in [9.17, 15) is 9.59 Å². The maximum absolute atomic E-state index is 11.1. The van der Waals surface area contributed by atoms with Gasteiger partial charge in [0.25, 0.3) is 0 Å². The van der Waals surface area contributed by atoms with Crippen LogP contribution >= 0.6 is 11.8 Å². The van der Waals surface area contributed by atoms with E-state index < -0.39 is 5.97 Å². The molecule has 0 aromatic rings. The molecule has 2 saturated heterocycles. The van der Waals surface area contributed by atoms with Crippen molar-refractivity contribution >= 4 is 23.6 Å². The summed E-state index contributed by atoms with van der Waals surface area (Å²) in [6.07, 6.45) is 0.515. The van der Waals surface area contributed by atoms with Gasteiger partial charge in [0.1, 0.15) is 5.25 Å². The smallest absolute Gasteiger partial charge is 0.317 e. The van der Waals surface area contributed by atoms with Gasteiger partial charge >= 0.3 is 5.97 Å². The summed E-state index contributed by atoms with van der Waals surface area (Å²) in [4.78, 5) is 23.6. The highest BCUT2D eigenvalue weighted by atomic mass is 32.2. The highest BCUT2D eigenvalue weighted by Gasteiger charge is 2.46. The van der Waals surface area contributed by atoms with Crippen molar-refractivity contribution in [1.29, 1.82) is 0 Å². The quantitative estimate of drug-likeness (QED) is 0.623. The van der Waals surface area contributed by atoms with Gasteiger partial charge in [0.15, 0.2) is 0 Å². The SMILES string of the molecule is CC1CN2C(=O)C[C@H]2SC1C(=O)O. The second-order valence-corrected chi connectivity index (χ2v) is 4.90. The Hall–Kier alpha value is -0.710. The molecule has 2 rings (SSSR count). The molecule has 72 valence electrons. The number of thioether (sulfide) groups is 1. The van der Waals surface area contributed by atoms with Gasteiger partial charge in [0.05, 0.1) is 11.8 Å². The van der Waals surface area contributed by atoms with Crippen molar-refractivity contribution in [3.63, 3.8) is 0 Å². The number of rotatable bonds is 1. The molecular weight excluding hydrogens is 190 g/mol. The molecule has 2 aliphatic heterocycles. The summed E-state index contributed by atoms with van der Waals surface area (Å²) in [5.41, 5.74) is 0. The predicted molar refractivity (Wildman–Crippen MR) is 48.3 cm³/mol. The van der Waals surface area contributed by atoms with E-state index in [-0.39, 0.29) is 22.4 Å². The Kier molecular flexibility index (Phi) is 1.98. The Balaban J connectivity index is 2.06. The van der Waals surface area contributed by atoms with Crippen LogP contribution in [0.15, 0.2) is 0 Å². The molecule has 0 radical (unpaired) electrons. The van der Waals surface area contributed by atoms with E-state index in [1.54, 1.807) is 4.90 Å². The topological polar surface area (TPSA) is 57.6 Å². The molecule has 0 saturated carbocycles. The van der Waals surface area contributed by atoms with E-state index >= 15 is 0 Å². The van der Waals surface area contributed by atoms with Crippen molar-refractivity contribution < 1.29 is 14.7 Å². The first-order valence-electron chi connectivity index (χ1n) is 4.27. The van der Waals surface area contributed by atoms with Crippen molar-refractivity contribution in [2.45, 2.75) is 24.0 Å². The van der Waals surface area contributed by atoms with Gasteiger partial charge in [-0.15, -0.1) is 11.8 Å². The maximum atomic E-state index is 11.1. The van der Waals surface area contributed by atoms with Crippen LogP contribution in [-0.4, -0.2) is 39.1 Å². The lowest BCUT2D eigenvalue weighted by Gasteiger charge is -2.47. The Bertz CT molecular complexity index is 268. The number of carbonyl (C=O) groups excluding carboxylic acids is 1. The van der Waals surface area contributed by atoms with E-state index in [0.717, 1.165) is 0 Å². The minimum Gasteiger partial charge on any atom is -0.480 e. The van der Waals surface area contributed by atoms with Crippen molar-refractivity contribution in [1.82, 2.24) is 4.90 Å². The number of β-lactam (4-membered cyclic amide) rings is 1. The summed E-state index contributed by atoms with van der Waals surface area (Å²) in [6.45, 7) is 2.49. The number of carboxylic acid groups (broad SMARTS) is 1. The first-order valence-corrected chi connectivity index (χ1v) is 5.21. The van der Waals surface area contributed by atoms with Crippen LogP contribution < -0.4 is 0 Å². The molecule has 1 amide bonds. The molecule has 0 aromatic carbocycles. The fraction of sp³-hybridized carbons (Fsp3) is 0.750. The molecule has 3 atom stereocenters. The van der Waals surface area contributed by atoms with E-state index in [0.29, 0.717) is 13.0 Å². The lowest BCUT2D eigenvalue weighted by molar-refractivity contribution is -0.145.